The lowest BCUT2D eigenvalue weighted by molar-refractivity contribution is -0.109. The van der Waals surface area contributed by atoms with Gasteiger partial charge < -0.3 is 4.79 Å². The lowest BCUT2D eigenvalue weighted by Gasteiger charge is -1.96. The molecule has 13 heavy (non-hydrogen) atoms. The van der Waals surface area contributed by atoms with Crippen molar-refractivity contribution in [1.29, 1.82) is 0 Å². The zero-order valence-corrected chi connectivity index (χ0v) is 7.14. The van der Waals surface area contributed by atoms with Crippen LogP contribution in [0.3, 0.4) is 0 Å². The zero-order valence-electron chi connectivity index (χ0n) is 7.14. The monoisotopic (exact) mass is 174 g/mol. The summed E-state index contributed by atoms with van der Waals surface area (Å²) in [5.41, 5.74) is 0.719. The minimum Gasteiger partial charge on any atom is -0.303 e. The number of hydrogen-bond donors (Lipinski definition) is 0. The highest BCUT2D eigenvalue weighted by Gasteiger charge is 2.42. The summed E-state index contributed by atoms with van der Waals surface area (Å²) < 4.78 is 0. The summed E-state index contributed by atoms with van der Waals surface area (Å²) in [6, 6.07) is 9.14. The van der Waals surface area contributed by atoms with Crippen LogP contribution in [0, 0.1) is 11.8 Å². The van der Waals surface area contributed by atoms with E-state index in [4.69, 9.17) is 0 Å². The second kappa shape index (κ2) is 3.13. The van der Waals surface area contributed by atoms with Gasteiger partial charge in [0.2, 0.25) is 0 Å². The lowest BCUT2D eigenvalue weighted by Crippen LogP contribution is -2.03. The summed E-state index contributed by atoms with van der Waals surface area (Å²) in [6.45, 7) is 0. The summed E-state index contributed by atoms with van der Waals surface area (Å²) in [7, 11) is 0. The van der Waals surface area contributed by atoms with Gasteiger partial charge in [-0.1, -0.05) is 30.3 Å². The van der Waals surface area contributed by atoms with Gasteiger partial charge in [-0.3, -0.25) is 4.79 Å². The highest BCUT2D eigenvalue weighted by Crippen LogP contribution is 2.38. The maximum atomic E-state index is 11.6. The number of carbonyl (C=O) groups excluding carboxylic acids is 2. The molecule has 1 aliphatic carbocycles. The third-order valence-electron chi connectivity index (χ3n) is 2.41. The lowest BCUT2D eigenvalue weighted by atomic mass is 10.1. The van der Waals surface area contributed by atoms with Crippen LogP contribution >= 0.6 is 0 Å². The summed E-state index contributed by atoms with van der Waals surface area (Å²) in [5.74, 6) is 0.0466. The second-order valence-electron chi connectivity index (χ2n) is 3.37. The molecule has 2 nitrogen and oxygen atoms in total. The highest BCUT2D eigenvalue weighted by atomic mass is 16.1. The van der Waals surface area contributed by atoms with E-state index >= 15 is 0 Å². The van der Waals surface area contributed by atoms with Crippen LogP contribution < -0.4 is 0 Å². The van der Waals surface area contributed by atoms with E-state index in [1.54, 1.807) is 12.1 Å². The largest absolute Gasteiger partial charge is 0.303 e. The molecule has 0 radical (unpaired) electrons. The first kappa shape index (κ1) is 8.17. The number of carbonyl (C=O) groups is 2. The van der Waals surface area contributed by atoms with Crippen LogP contribution in [0.5, 0.6) is 0 Å². The fourth-order valence-corrected chi connectivity index (χ4v) is 1.48. The quantitative estimate of drug-likeness (QED) is 0.516. The van der Waals surface area contributed by atoms with E-state index in [0.717, 1.165) is 18.3 Å². The van der Waals surface area contributed by atoms with Crippen molar-refractivity contribution in [3.05, 3.63) is 35.9 Å². The molecule has 1 aliphatic rings. The fraction of sp³-hybridized carbons (Fsp3) is 0.273. The summed E-state index contributed by atoms with van der Waals surface area (Å²) >= 11 is 0. The fourth-order valence-electron chi connectivity index (χ4n) is 1.48. The first-order valence-corrected chi connectivity index (χ1v) is 4.37. The van der Waals surface area contributed by atoms with Gasteiger partial charge in [-0.2, -0.15) is 0 Å². The Morgan fingerprint density at radius 1 is 1.31 bits per heavy atom. The van der Waals surface area contributed by atoms with Crippen LogP contribution in [0.1, 0.15) is 16.8 Å². The molecule has 0 amide bonds. The Hall–Kier alpha value is -1.44. The first-order valence-electron chi connectivity index (χ1n) is 4.37. The molecule has 0 saturated heterocycles. The molecule has 0 aromatic heterocycles. The summed E-state index contributed by atoms with van der Waals surface area (Å²) in [5, 5.41) is 0. The molecule has 1 aromatic rings. The van der Waals surface area contributed by atoms with Gasteiger partial charge in [0.25, 0.3) is 0 Å². The predicted molar refractivity (Wildman–Crippen MR) is 48.4 cm³/mol. The average Bonchev–Trinajstić information content (AvgIpc) is 2.97. The molecule has 1 fully saturated rings. The van der Waals surface area contributed by atoms with Crippen LogP contribution in [0.4, 0.5) is 0 Å². The SMILES string of the molecule is O=C[C@@H]1C[C@H]1C(=O)c1ccccc1. The molecule has 1 aromatic carbocycles. The number of rotatable bonds is 3. The number of benzene rings is 1. The van der Waals surface area contributed by atoms with Gasteiger partial charge in [-0.25, -0.2) is 0 Å². The van der Waals surface area contributed by atoms with Gasteiger partial charge in [-0.15, -0.1) is 0 Å². The van der Waals surface area contributed by atoms with E-state index in [0.29, 0.717) is 0 Å². The molecule has 0 N–H and O–H groups in total. The Labute approximate surface area is 76.6 Å². The van der Waals surface area contributed by atoms with Gasteiger partial charge in [0.05, 0.1) is 0 Å². The van der Waals surface area contributed by atoms with Crippen LogP contribution in [0.25, 0.3) is 0 Å². The molecule has 0 aliphatic heterocycles. The Balaban J connectivity index is 2.11. The third kappa shape index (κ3) is 1.52. The Kier molecular flexibility index (Phi) is 1.97. The van der Waals surface area contributed by atoms with Crippen LogP contribution in [-0.4, -0.2) is 12.1 Å². The van der Waals surface area contributed by atoms with Gasteiger partial charge in [-0.05, 0) is 6.42 Å². The van der Waals surface area contributed by atoms with Crippen LogP contribution in [-0.2, 0) is 4.79 Å². The first-order chi connectivity index (χ1) is 6.33. The van der Waals surface area contributed by atoms with Crippen molar-refractivity contribution in [2.45, 2.75) is 6.42 Å². The van der Waals surface area contributed by atoms with Gasteiger partial charge >= 0.3 is 0 Å². The average molecular weight is 174 g/mol. The van der Waals surface area contributed by atoms with E-state index in [9.17, 15) is 9.59 Å². The minimum atomic E-state index is -0.0418. The maximum absolute atomic E-state index is 11.6. The van der Waals surface area contributed by atoms with Gasteiger partial charge in [0.1, 0.15) is 6.29 Å². The predicted octanol–water partition coefficient (Wildman–Crippen LogP) is 1.70. The Morgan fingerprint density at radius 2 is 2.00 bits per heavy atom. The van der Waals surface area contributed by atoms with Crippen molar-refractivity contribution in [2.24, 2.45) is 11.8 Å². The van der Waals surface area contributed by atoms with Crippen molar-refractivity contribution in [1.82, 2.24) is 0 Å². The topological polar surface area (TPSA) is 34.1 Å². The van der Waals surface area contributed by atoms with Gasteiger partial charge in [0.15, 0.2) is 5.78 Å². The van der Waals surface area contributed by atoms with Gasteiger partial charge in [0, 0.05) is 17.4 Å². The molecular formula is C11H10O2. The van der Waals surface area contributed by atoms with Crippen LogP contribution in [0.15, 0.2) is 30.3 Å². The van der Waals surface area contributed by atoms with E-state index < -0.39 is 0 Å². The molecule has 0 bridgehead atoms. The molecule has 2 atom stereocenters. The van der Waals surface area contributed by atoms with Crippen molar-refractivity contribution in [3.8, 4) is 0 Å². The van der Waals surface area contributed by atoms with Crippen molar-refractivity contribution < 1.29 is 9.59 Å². The van der Waals surface area contributed by atoms with E-state index in [2.05, 4.69) is 0 Å². The number of Topliss-reactive ketones (excluding diaryl/α,β-unsaturated/α-hetero) is 1. The maximum Gasteiger partial charge on any atom is 0.166 e. The third-order valence-corrected chi connectivity index (χ3v) is 2.41. The van der Waals surface area contributed by atoms with E-state index in [1.165, 1.54) is 0 Å². The minimum absolute atomic E-state index is 0.0206. The number of aldehydes is 1. The molecule has 2 rings (SSSR count). The van der Waals surface area contributed by atoms with Crippen molar-refractivity contribution in [3.63, 3.8) is 0 Å². The van der Waals surface area contributed by atoms with Crippen molar-refractivity contribution >= 4 is 12.1 Å². The molecule has 2 heteroatoms. The van der Waals surface area contributed by atoms with Crippen molar-refractivity contribution in [2.75, 3.05) is 0 Å². The molecular weight excluding hydrogens is 164 g/mol. The standard InChI is InChI=1S/C11H10O2/c12-7-9-6-10(9)11(13)8-4-2-1-3-5-8/h1-5,7,9-10H,6H2/t9-,10+/m0/s1. The van der Waals surface area contributed by atoms with Crippen LogP contribution in [0.2, 0.25) is 0 Å². The second-order valence-corrected chi connectivity index (χ2v) is 3.37. The van der Waals surface area contributed by atoms with E-state index in [-0.39, 0.29) is 17.6 Å². The zero-order chi connectivity index (χ0) is 9.26. The molecule has 66 valence electrons. The molecule has 0 spiro atoms. The Morgan fingerprint density at radius 3 is 2.54 bits per heavy atom. The summed E-state index contributed by atoms with van der Waals surface area (Å²) in [4.78, 5) is 22.0. The smallest absolute Gasteiger partial charge is 0.166 e. The highest BCUT2D eigenvalue weighted by molar-refractivity contribution is 6.01. The number of ketones is 1. The molecule has 0 unspecified atom stereocenters. The molecule has 0 heterocycles. The summed E-state index contributed by atoms with van der Waals surface area (Å²) in [6.07, 6.45) is 1.61. The molecule has 1 saturated carbocycles. The Bertz CT molecular complexity index is 329. The normalized spacial score (nSPS) is 25.2. The van der Waals surface area contributed by atoms with E-state index in [1.807, 2.05) is 18.2 Å². The number of hydrogen-bond acceptors (Lipinski definition) is 2.